The van der Waals surface area contributed by atoms with Crippen molar-refractivity contribution >= 4 is 35.0 Å². The number of nitrogens with zero attached hydrogens (tertiary/aromatic N) is 1. The Hall–Kier alpha value is -3.48. The molecule has 4 rings (SSSR count). The fourth-order valence-corrected chi connectivity index (χ4v) is 3.29. The highest BCUT2D eigenvalue weighted by Crippen LogP contribution is 2.31. The maximum absolute atomic E-state index is 12.4. The number of rotatable bonds is 6. The lowest BCUT2D eigenvalue weighted by molar-refractivity contribution is -0.117. The third-order valence-corrected chi connectivity index (χ3v) is 5.17. The number of anilines is 2. The lowest BCUT2D eigenvalue weighted by Gasteiger charge is -2.15. The van der Waals surface area contributed by atoms with E-state index in [2.05, 4.69) is 10.6 Å². The normalized spacial score (nSPS) is 15.3. The lowest BCUT2D eigenvalue weighted by atomic mass is 10.1. The van der Waals surface area contributed by atoms with Gasteiger partial charge < -0.3 is 10.6 Å². The maximum atomic E-state index is 12.4. The molecule has 1 aliphatic carbocycles. The smallest absolute Gasteiger partial charge is 0.261 e. The summed E-state index contributed by atoms with van der Waals surface area (Å²) in [5.41, 5.74) is 2.80. The van der Waals surface area contributed by atoms with Gasteiger partial charge in [-0.25, -0.2) is 0 Å². The van der Waals surface area contributed by atoms with Gasteiger partial charge in [0.2, 0.25) is 11.8 Å². The molecule has 0 spiro atoms. The Labute approximate surface area is 168 Å². The summed E-state index contributed by atoms with van der Waals surface area (Å²) in [6.07, 6.45) is 1.82. The van der Waals surface area contributed by atoms with Crippen LogP contribution in [0.15, 0.2) is 42.5 Å². The summed E-state index contributed by atoms with van der Waals surface area (Å²) in [6, 6.07) is 12.0. The summed E-state index contributed by atoms with van der Waals surface area (Å²) in [5.74, 6) is -0.972. The van der Waals surface area contributed by atoms with Gasteiger partial charge in [0, 0.05) is 30.3 Å². The molecular weight excluding hydrogens is 370 g/mol. The number of hydrogen-bond donors (Lipinski definition) is 2. The Balaban J connectivity index is 1.37. The van der Waals surface area contributed by atoms with Gasteiger partial charge in [0.25, 0.3) is 11.8 Å². The minimum Gasteiger partial charge on any atom is -0.326 e. The zero-order valence-electron chi connectivity index (χ0n) is 16.0. The zero-order chi connectivity index (χ0) is 20.5. The van der Waals surface area contributed by atoms with Gasteiger partial charge in [0.1, 0.15) is 0 Å². The number of carbonyl (C=O) groups is 4. The fourth-order valence-electron chi connectivity index (χ4n) is 3.29. The van der Waals surface area contributed by atoms with E-state index in [1.165, 1.54) is 0 Å². The fraction of sp³-hybridized carbons (Fsp3) is 0.273. The first-order chi connectivity index (χ1) is 13.9. The molecule has 0 aromatic heterocycles. The third kappa shape index (κ3) is 3.89. The molecule has 2 aromatic carbocycles. The number of amides is 4. The largest absolute Gasteiger partial charge is 0.326 e. The van der Waals surface area contributed by atoms with Crippen LogP contribution in [0.2, 0.25) is 0 Å². The van der Waals surface area contributed by atoms with Crippen LogP contribution in [0.5, 0.6) is 0 Å². The maximum Gasteiger partial charge on any atom is 0.261 e. The van der Waals surface area contributed by atoms with Crippen molar-refractivity contribution in [3.8, 4) is 0 Å². The van der Waals surface area contributed by atoms with Gasteiger partial charge in [-0.15, -0.1) is 0 Å². The van der Waals surface area contributed by atoms with E-state index in [0.29, 0.717) is 22.5 Å². The highest BCUT2D eigenvalue weighted by Gasteiger charge is 2.35. The van der Waals surface area contributed by atoms with Crippen molar-refractivity contribution in [3.63, 3.8) is 0 Å². The van der Waals surface area contributed by atoms with Crippen molar-refractivity contribution in [2.45, 2.75) is 26.2 Å². The molecule has 2 N–H and O–H groups in total. The Morgan fingerprint density at radius 3 is 2.28 bits per heavy atom. The Morgan fingerprint density at radius 2 is 1.66 bits per heavy atom. The van der Waals surface area contributed by atoms with Crippen molar-refractivity contribution < 1.29 is 19.2 Å². The molecule has 0 radical (unpaired) electrons. The molecule has 0 atom stereocenters. The number of fused-ring (bicyclic) bond motifs is 1. The van der Waals surface area contributed by atoms with Crippen LogP contribution in [0.4, 0.5) is 11.4 Å². The summed E-state index contributed by atoms with van der Waals surface area (Å²) in [4.78, 5) is 50.2. The van der Waals surface area contributed by atoms with E-state index in [-0.39, 0.29) is 42.5 Å². The molecule has 1 aliphatic heterocycles. The molecule has 2 aromatic rings. The van der Waals surface area contributed by atoms with Gasteiger partial charge in [0.05, 0.1) is 11.1 Å². The first kappa shape index (κ1) is 18.9. The number of carbonyl (C=O) groups excluding carboxylic acids is 4. The van der Waals surface area contributed by atoms with Crippen molar-refractivity contribution in [2.75, 3.05) is 17.2 Å². The highest BCUT2D eigenvalue weighted by atomic mass is 16.2. The van der Waals surface area contributed by atoms with Crippen molar-refractivity contribution in [2.24, 2.45) is 5.92 Å². The van der Waals surface area contributed by atoms with Crippen LogP contribution < -0.4 is 10.6 Å². The molecule has 0 unspecified atom stereocenters. The van der Waals surface area contributed by atoms with E-state index in [4.69, 9.17) is 0 Å². The Morgan fingerprint density at radius 1 is 1.00 bits per heavy atom. The molecule has 1 saturated carbocycles. The van der Waals surface area contributed by atoms with Crippen molar-refractivity contribution in [1.82, 2.24) is 4.90 Å². The molecule has 1 fully saturated rings. The van der Waals surface area contributed by atoms with E-state index in [1.807, 2.05) is 13.0 Å². The zero-order valence-corrected chi connectivity index (χ0v) is 16.0. The first-order valence-corrected chi connectivity index (χ1v) is 9.60. The second-order valence-corrected chi connectivity index (χ2v) is 7.40. The molecule has 148 valence electrons. The number of benzene rings is 2. The average molecular weight is 391 g/mol. The van der Waals surface area contributed by atoms with Crippen LogP contribution in [0.3, 0.4) is 0 Å². The minimum atomic E-state index is -0.376. The topological polar surface area (TPSA) is 95.6 Å². The van der Waals surface area contributed by atoms with E-state index >= 15 is 0 Å². The molecule has 4 amide bonds. The quantitative estimate of drug-likeness (QED) is 0.740. The predicted octanol–water partition coefficient (Wildman–Crippen LogP) is 2.97. The van der Waals surface area contributed by atoms with Gasteiger partial charge in [-0.2, -0.15) is 0 Å². The van der Waals surface area contributed by atoms with E-state index in [1.54, 1.807) is 36.4 Å². The van der Waals surface area contributed by atoms with E-state index < -0.39 is 0 Å². The SMILES string of the molecule is Cc1ccc(NC(=O)C2CC2)cc1NC(=O)CCN1C(=O)c2ccccc2C1=O. The lowest BCUT2D eigenvalue weighted by Crippen LogP contribution is -2.32. The second-order valence-electron chi connectivity index (χ2n) is 7.40. The summed E-state index contributed by atoms with van der Waals surface area (Å²) < 4.78 is 0. The van der Waals surface area contributed by atoms with Crippen LogP contribution in [0, 0.1) is 12.8 Å². The van der Waals surface area contributed by atoms with Crippen LogP contribution >= 0.6 is 0 Å². The Bertz CT molecular complexity index is 991. The Kier molecular flexibility index (Phi) is 4.88. The summed E-state index contributed by atoms with van der Waals surface area (Å²) in [5, 5.41) is 5.66. The monoisotopic (exact) mass is 391 g/mol. The van der Waals surface area contributed by atoms with Crippen molar-refractivity contribution in [1.29, 1.82) is 0 Å². The van der Waals surface area contributed by atoms with Crippen LogP contribution in [-0.2, 0) is 9.59 Å². The molecule has 2 aliphatic rings. The van der Waals surface area contributed by atoms with Gasteiger partial charge in [-0.3, -0.25) is 24.1 Å². The van der Waals surface area contributed by atoms with Gasteiger partial charge in [0.15, 0.2) is 0 Å². The van der Waals surface area contributed by atoms with Crippen LogP contribution in [0.1, 0.15) is 45.5 Å². The number of hydrogen-bond acceptors (Lipinski definition) is 4. The van der Waals surface area contributed by atoms with E-state index in [9.17, 15) is 19.2 Å². The molecule has 0 saturated heterocycles. The number of imide groups is 1. The van der Waals surface area contributed by atoms with Gasteiger partial charge in [-0.1, -0.05) is 18.2 Å². The molecule has 7 nitrogen and oxygen atoms in total. The van der Waals surface area contributed by atoms with Crippen LogP contribution in [0.25, 0.3) is 0 Å². The van der Waals surface area contributed by atoms with Gasteiger partial charge >= 0.3 is 0 Å². The summed E-state index contributed by atoms with van der Waals surface area (Å²) in [7, 11) is 0. The molecule has 0 bridgehead atoms. The molecule has 1 heterocycles. The van der Waals surface area contributed by atoms with Crippen molar-refractivity contribution in [3.05, 3.63) is 59.2 Å². The van der Waals surface area contributed by atoms with Gasteiger partial charge in [-0.05, 0) is 49.6 Å². The first-order valence-electron chi connectivity index (χ1n) is 9.60. The second kappa shape index (κ2) is 7.50. The predicted molar refractivity (Wildman–Crippen MR) is 108 cm³/mol. The highest BCUT2D eigenvalue weighted by molar-refractivity contribution is 6.21. The molecule has 29 heavy (non-hydrogen) atoms. The van der Waals surface area contributed by atoms with E-state index in [0.717, 1.165) is 23.3 Å². The molecular formula is C22H21N3O4. The number of nitrogens with one attached hydrogen (secondary N) is 2. The summed E-state index contributed by atoms with van der Waals surface area (Å²) >= 11 is 0. The summed E-state index contributed by atoms with van der Waals surface area (Å²) in [6.45, 7) is 1.86. The minimum absolute atomic E-state index is 0.00301. The standard InChI is InChI=1S/C22H21N3O4/c1-13-6-9-15(23-20(27)14-7-8-14)12-18(13)24-19(26)10-11-25-21(28)16-4-2-3-5-17(16)22(25)29/h2-6,9,12,14H,7-8,10-11H2,1H3,(H,23,27)(H,24,26). The third-order valence-electron chi connectivity index (χ3n) is 5.17. The molecule has 7 heteroatoms. The average Bonchev–Trinajstić information content (AvgIpc) is 3.52. The number of aryl methyl sites for hydroxylation is 1. The van der Waals surface area contributed by atoms with Crippen LogP contribution in [-0.4, -0.2) is 35.1 Å².